The van der Waals surface area contributed by atoms with Crippen LogP contribution >= 0.6 is 0 Å². The number of hydrogen-bond donors (Lipinski definition) is 2. The van der Waals surface area contributed by atoms with E-state index in [9.17, 15) is 0 Å². The molecule has 2 aliphatic rings. The molecule has 1 atom stereocenters. The van der Waals surface area contributed by atoms with E-state index in [0.717, 1.165) is 39.1 Å². The molecule has 1 unspecified atom stereocenters. The number of hydrogen-bond acceptors (Lipinski definition) is 4. The van der Waals surface area contributed by atoms with Crippen molar-refractivity contribution in [2.45, 2.75) is 37.3 Å². The molecule has 2 fully saturated rings. The van der Waals surface area contributed by atoms with Gasteiger partial charge in [-0.25, -0.2) is 0 Å². The van der Waals surface area contributed by atoms with Crippen LogP contribution in [0.15, 0.2) is 0 Å². The van der Waals surface area contributed by atoms with Crippen molar-refractivity contribution in [3.63, 3.8) is 0 Å². The number of ether oxygens (including phenoxy) is 1. The van der Waals surface area contributed by atoms with Gasteiger partial charge in [0.15, 0.2) is 0 Å². The minimum Gasteiger partial charge on any atom is -0.394 e. The van der Waals surface area contributed by atoms with Gasteiger partial charge in [0.2, 0.25) is 0 Å². The van der Waals surface area contributed by atoms with Gasteiger partial charge < -0.3 is 20.5 Å². The van der Waals surface area contributed by atoms with Gasteiger partial charge in [-0.15, -0.1) is 0 Å². The first-order chi connectivity index (χ1) is 7.22. The highest BCUT2D eigenvalue weighted by Crippen LogP contribution is 2.21. The van der Waals surface area contributed by atoms with E-state index >= 15 is 0 Å². The van der Waals surface area contributed by atoms with Crippen LogP contribution < -0.4 is 5.73 Å². The smallest absolute Gasteiger partial charge is 0.0702 e. The molecule has 88 valence electrons. The zero-order chi connectivity index (χ0) is 10.7. The van der Waals surface area contributed by atoms with Crippen LogP contribution in [0.3, 0.4) is 0 Å². The monoisotopic (exact) mass is 214 g/mol. The molecule has 4 heteroatoms. The van der Waals surface area contributed by atoms with Crippen molar-refractivity contribution in [1.82, 2.24) is 4.90 Å². The standard InChI is InChI=1S/C11H22N2O2/c12-11(9-14)3-5-13(6-4-11)8-10-2-1-7-15-10/h10,14H,1-9,12H2. The Morgan fingerprint density at radius 1 is 1.40 bits per heavy atom. The minimum absolute atomic E-state index is 0.112. The van der Waals surface area contributed by atoms with Crippen LogP contribution in [-0.4, -0.2) is 54.5 Å². The van der Waals surface area contributed by atoms with Crippen molar-refractivity contribution >= 4 is 0 Å². The predicted molar refractivity (Wildman–Crippen MR) is 58.7 cm³/mol. The fourth-order valence-electron chi connectivity index (χ4n) is 2.42. The largest absolute Gasteiger partial charge is 0.394 e. The number of aliphatic hydroxyl groups is 1. The van der Waals surface area contributed by atoms with Crippen molar-refractivity contribution in [2.75, 3.05) is 32.8 Å². The summed E-state index contributed by atoms with van der Waals surface area (Å²) in [6.07, 6.45) is 4.64. The van der Waals surface area contributed by atoms with Crippen LogP contribution in [0.4, 0.5) is 0 Å². The summed E-state index contributed by atoms with van der Waals surface area (Å²) in [4.78, 5) is 2.41. The van der Waals surface area contributed by atoms with Gasteiger partial charge in [-0.1, -0.05) is 0 Å². The summed E-state index contributed by atoms with van der Waals surface area (Å²) >= 11 is 0. The van der Waals surface area contributed by atoms with Crippen LogP contribution in [0.2, 0.25) is 0 Å². The topological polar surface area (TPSA) is 58.7 Å². The van der Waals surface area contributed by atoms with Gasteiger partial charge in [0.05, 0.1) is 12.7 Å². The maximum atomic E-state index is 9.15. The van der Waals surface area contributed by atoms with Crippen LogP contribution in [0, 0.1) is 0 Å². The first-order valence-electron chi connectivity index (χ1n) is 5.96. The van der Waals surface area contributed by atoms with E-state index in [1.807, 2.05) is 0 Å². The van der Waals surface area contributed by atoms with E-state index in [2.05, 4.69) is 4.90 Å². The van der Waals surface area contributed by atoms with Crippen molar-refractivity contribution in [3.8, 4) is 0 Å². The van der Waals surface area contributed by atoms with Crippen LogP contribution in [0.5, 0.6) is 0 Å². The highest BCUT2D eigenvalue weighted by atomic mass is 16.5. The van der Waals surface area contributed by atoms with Crippen molar-refractivity contribution in [1.29, 1.82) is 0 Å². The lowest BCUT2D eigenvalue weighted by molar-refractivity contribution is 0.0463. The van der Waals surface area contributed by atoms with E-state index in [-0.39, 0.29) is 12.1 Å². The number of nitrogens with two attached hydrogens (primary N) is 1. The zero-order valence-corrected chi connectivity index (χ0v) is 9.32. The van der Waals surface area contributed by atoms with Gasteiger partial charge in [0.1, 0.15) is 0 Å². The van der Waals surface area contributed by atoms with Crippen LogP contribution in [0.25, 0.3) is 0 Å². The molecule has 0 aliphatic carbocycles. The van der Waals surface area contributed by atoms with Gasteiger partial charge in [-0.05, 0) is 25.7 Å². The number of likely N-dealkylation sites (tertiary alicyclic amines) is 1. The molecule has 2 heterocycles. The van der Waals surface area contributed by atoms with Gasteiger partial charge in [0.25, 0.3) is 0 Å². The number of aliphatic hydroxyl groups excluding tert-OH is 1. The minimum atomic E-state index is -0.326. The fourth-order valence-corrected chi connectivity index (χ4v) is 2.42. The summed E-state index contributed by atoms with van der Waals surface area (Å²) in [6.45, 7) is 4.08. The first-order valence-corrected chi connectivity index (χ1v) is 5.96. The van der Waals surface area contributed by atoms with Crippen molar-refractivity contribution < 1.29 is 9.84 Å². The second-order valence-electron chi connectivity index (χ2n) is 4.96. The lowest BCUT2D eigenvalue weighted by Gasteiger charge is -2.38. The van der Waals surface area contributed by atoms with Gasteiger partial charge in [-0.3, -0.25) is 0 Å². The zero-order valence-electron chi connectivity index (χ0n) is 9.32. The highest BCUT2D eigenvalue weighted by molar-refractivity contribution is 4.90. The van der Waals surface area contributed by atoms with Gasteiger partial charge >= 0.3 is 0 Å². The molecule has 0 saturated carbocycles. The van der Waals surface area contributed by atoms with E-state index in [1.165, 1.54) is 12.8 Å². The average molecular weight is 214 g/mol. The average Bonchev–Trinajstić information content (AvgIpc) is 2.75. The lowest BCUT2D eigenvalue weighted by atomic mass is 9.89. The molecular weight excluding hydrogens is 192 g/mol. The molecule has 2 aliphatic heterocycles. The SMILES string of the molecule is NC1(CO)CCN(CC2CCCO2)CC1. The third kappa shape index (κ3) is 2.91. The summed E-state index contributed by atoms with van der Waals surface area (Å²) in [5.41, 5.74) is 5.69. The summed E-state index contributed by atoms with van der Waals surface area (Å²) in [5.74, 6) is 0. The number of nitrogens with zero attached hydrogens (tertiary/aromatic N) is 1. The molecule has 0 aromatic rings. The normalized spacial score (nSPS) is 32.0. The lowest BCUT2D eigenvalue weighted by Crippen LogP contribution is -2.53. The predicted octanol–water partition coefficient (Wildman–Crippen LogP) is -0.0490. The Kier molecular flexibility index (Phi) is 3.61. The third-order valence-electron chi connectivity index (χ3n) is 3.65. The first kappa shape index (κ1) is 11.3. The van der Waals surface area contributed by atoms with Crippen molar-refractivity contribution in [3.05, 3.63) is 0 Å². The molecule has 4 nitrogen and oxygen atoms in total. The molecule has 0 radical (unpaired) electrons. The molecule has 15 heavy (non-hydrogen) atoms. The molecule has 0 aromatic heterocycles. The Hall–Kier alpha value is -0.160. The van der Waals surface area contributed by atoms with Crippen LogP contribution in [0.1, 0.15) is 25.7 Å². The summed E-state index contributed by atoms with van der Waals surface area (Å²) < 4.78 is 5.61. The molecule has 0 aromatic carbocycles. The van der Waals surface area contributed by atoms with E-state index < -0.39 is 0 Å². The molecule has 0 spiro atoms. The Labute approximate surface area is 91.4 Å². The molecule has 0 amide bonds. The fraction of sp³-hybridized carbons (Fsp3) is 1.00. The molecule has 2 saturated heterocycles. The van der Waals surface area contributed by atoms with E-state index in [0.29, 0.717) is 6.10 Å². The molecule has 0 bridgehead atoms. The molecule has 3 N–H and O–H groups in total. The second-order valence-corrected chi connectivity index (χ2v) is 4.96. The van der Waals surface area contributed by atoms with Gasteiger partial charge in [-0.2, -0.15) is 0 Å². The maximum Gasteiger partial charge on any atom is 0.0702 e. The molecular formula is C11H22N2O2. The Bertz CT molecular complexity index is 197. The van der Waals surface area contributed by atoms with E-state index in [4.69, 9.17) is 15.6 Å². The molecule has 2 rings (SSSR count). The quantitative estimate of drug-likeness (QED) is 0.691. The Morgan fingerprint density at radius 2 is 2.13 bits per heavy atom. The number of rotatable bonds is 3. The van der Waals surface area contributed by atoms with Crippen molar-refractivity contribution in [2.24, 2.45) is 5.73 Å². The third-order valence-corrected chi connectivity index (χ3v) is 3.65. The highest BCUT2D eigenvalue weighted by Gasteiger charge is 2.31. The van der Waals surface area contributed by atoms with E-state index in [1.54, 1.807) is 0 Å². The summed E-state index contributed by atoms with van der Waals surface area (Å²) in [7, 11) is 0. The Morgan fingerprint density at radius 3 is 2.67 bits per heavy atom. The number of piperidine rings is 1. The maximum absolute atomic E-state index is 9.15. The van der Waals surface area contributed by atoms with Gasteiger partial charge in [0, 0.05) is 31.8 Å². The Balaban J connectivity index is 1.73. The second kappa shape index (κ2) is 4.78. The van der Waals surface area contributed by atoms with Crippen LogP contribution in [-0.2, 0) is 4.74 Å². The summed E-state index contributed by atoms with van der Waals surface area (Å²) in [6, 6.07) is 0. The summed E-state index contributed by atoms with van der Waals surface area (Å²) in [5, 5.41) is 9.15.